The van der Waals surface area contributed by atoms with Crippen LogP contribution in [0.2, 0.25) is 0 Å². The van der Waals surface area contributed by atoms with Crippen molar-refractivity contribution in [2.75, 3.05) is 25.1 Å². The molecule has 6 rings (SSSR count). The second kappa shape index (κ2) is 9.77. The first-order valence-electron chi connectivity index (χ1n) is 12.2. The van der Waals surface area contributed by atoms with Gasteiger partial charge in [-0.05, 0) is 55.0 Å². The van der Waals surface area contributed by atoms with Crippen molar-refractivity contribution >= 4 is 57.8 Å². The highest BCUT2D eigenvalue weighted by Gasteiger charge is 2.57. The minimum Gasteiger partial charge on any atom is -0.497 e. The van der Waals surface area contributed by atoms with E-state index in [-0.39, 0.29) is 29.1 Å². The van der Waals surface area contributed by atoms with E-state index in [0.717, 1.165) is 40.4 Å². The van der Waals surface area contributed by atoms with E-state index in [1.54, 1.807) is 31.4 Å². The smallest absolute Gasteiger partial charge is 0.308 e. The lowest BCUT2D eigenvalue weighted by atomic mass is 9.87. The predicted molar refractivity (Wildman–Crippen MR) is 144 cm³/mol. The lowest BCUT2D eigenvalue weighted by Gasteiger charge is -2.30. The lowest BCUT2D eigenvalue weighted by molar-refractivity contribution is -0.133. The Balaban J connectivity index is 1.39. The van der Waals surface area contributed by atoms with E-state index in [4.69, 9.17) is 4.74 Å². The van der Waals surface area contributed by atoms with Gasteiger partial charge in [-0.25, -0.2) is 4.90 Å². The van der Waals surface area contributed by atoms with Crippen molar-refractivity contribution < 1.29 is 19.1 Å². The van der Waals surface area contributed by atoms with Crippen LogP contribution in [0, 0.1) is 5.92 Å². The largest absolute Gasteiger partial charge is 0.497 e. The summed E-state index contributed by atoms with van der Waals surface area (Å²) in [6.45, 7) is 1.37. The summed E-state index contributed by atoms with van der Waals surface area (Å²) in [5.74, 6) is -1.05. The molecule has 3 aliphatic heterocycles. The van der Waals surface area contributed by atoms with Gasteiger partial charge < -0.3 is 9.64 Å². The first-order chi connectivity index (χ1) is 18.0. The Kier molecular flexibility index (Phi) is 6.46. The van der Waals surface area contributed by atoms with E-state index >= 15 is 0 Å². The number of piperidine rings is 1. The van der Waals surface area contributed by atoms with Crippen LogP contribution in [0.5, 0.6) is 5.75 Å². The summed E-state index contributed by atoms with van der Waals surface area (Å²) in [4.78, 5) is 58.3. The Morgan fingerprint density at radius 3 is 2.46 bits per heavy atom. The quantitative estimate of drug-likeness (QED) is 0.445. The van der Waals surface area contributed by atoms with Crippen LogP contribution >= 0.6 is 34.4 Å². The number of thiazole rings is 1. The number of ether oxygens (including phenoxy) is 1. The molecule has 0 spiro atoms. The van der Waals surface area contributed by atoms with E-state index in [9.17, 15) is 19.2 Å². The lowest BCUT2D eigenvalue weighted by Crippen LogP contribution is -2.39. The number of carbonyl (C=O) groups is 3. The van der Waals surface area contributed by atoms with Crippen LogP contribution in [0.1, 0.15) is 34.9 Å². The minimum absolute atomic E-state index is 0.0451. The average molecular weight is 556 g/mol. The van der Waals surface area contributed by atoms with Crippen LogP contribution in [-0.4, -0.2) is 52.6 Å². The maximum atomic E-state index is 13.8. The molecule has 3 atom stereocenters. The Hall–Kier alpha value is -2.89. The number of thioether (sulfide) groups is 1. The SMILES string of the molecule is COc1ccc(N2C(=O)C3Sc4c(sc(=O)n4CC(=O)N4CCCCC4)C(c4cccs4)C3C2=O)cc1. The normalized spacial score (nSPS) is 23.2. The van der Waals surface area contributed by atoms with Gasteiger partial charge in [0, 0.05) is 28.8 Å². The van der Waals surface area contributed by atoms with E-state index in [2.05, 4.69) is 0 Å². The van der Waals surface area contributed by atoms with E-state index in [1.807, 2.05) is 22.4 Å². The molecular weight excluding hydrogens is 531 g/mol. The number of carbonyl (C=O) groups excluding carboxylic acids is 3. The molecule has 5 heterocycles. The number of aromatic nitrogens is 1. The summed E-state index contributed by atoms with van der Waals surface area (Å²) >= 11 is 3.85. The van der Waals surface area contributed by atoms with Gasteiger partial charge in [-0.1, -0.05) is 29.2 Å². The first kappa shape index (κ1) is 24.4. The third kappa shape index (κ3) is 4.13. The van der Waals surface area contributed by atoms with Crippen LogP contribution in [-0.2, 0) is 20.9 Å². The summed E-state index contributed by atoms with van der Waals surface area (Å²) in [5, 5.41) is 1.89. The molecule has 2 aromatic heterocycles. The van der Waals surface area contributed by atoms with Crippen molar-refractivity contribution in [2.45, 2.75) is 42.0 Å². The number of anilines is 1. The average Bonchev–Trinajstić information content (AvgIpc) is 3.62. The Bertz CT molecular complexity index is 1410. The fourth-order valence-electron chi connectivity index (χ4n) is 5.39. The molecule has 0 bridgehead atoms. The topological polar surface area (TPSA) is 88.9 Å². The summed E-state index contributed by atoms with van der Waals surface area (Å²) in [7, 11) is 1.56. The fraction of sp³-hybridized carbons (Fsp3) is 0.385. The zero-order chi connectivity index (χ0) is 25.7. The van der Waals surface area contributed by atoms with Crippen molar-refractivity contribution in [1.82, 2.24) is 9.47 Å². The number of fused-ring (bicyclic) bond motifs is 2. The van der Waals surface area contributed by atoms with Crippen molar-refractivity contribution in [1.29, 1.82) is 0 Å². The molecular formula is C26H25N3O5S3. The van der Waals surface area contributed by atoms with Gasteiger partial charge in [-0.2, -0.15) is 0 Å². The number of hydrogen-bond donors (Lipinski definition) is 0. The van der Waals surface area contributed by atoms with Crippen LogP contribution < -0.4 is 14.5 Å². The zero-order valence-corrected chi connectivity index (χ0v) is 22.6. The fourth-order valence-corrected chi connectivity index (χ4v) is 9.12. The Morgan fingerprint density at radius 1 is 1.03 bits per heavy atom. The van der Waals surface area contributed by atoms with E-state index in [0.29, 0.717) is 29.6 Å². The highest BCUT2D eigenvalue weighted by molar-refractivity contribution is 8.00. The number of rotatable bonds is 5. The molecule has 2 fully saturated rings. The summed E-state index contributed by atoms with van der Waals surface area (Å²) < 4.78 is 6.74. The molecule has 3 aromatic rings. The monoisotopic (exact) mass is 555 g/mol. The van der Waals surface area contributed by atoms with Crippen molar-refractivity contribution in [3.8, 4) is 5.75 Å². The van der Waals surface area contributed by atoms with Crippen molar-refractivity contribution in [2.24, 2.45) is 5.92 Å². The zero-order valence-electron chi connectivity index (χ0n) is 20.1. The maximum Gasteiger partial charge on any atom is 0.308 e. The van der Waals surface area contributed by atoms with Gasteiger partial charge in [-0.15, -0.1) is 11.3 Å². The number of methoxy groups -OCH3 is 1. The third-order valence-corrected chi connectivity index (χ3v) is 10.8. The molecule has 2 saturated heterocycles. The molecule has 0 radical (unpaired) electrons. The summed E-state index contributed by atoms with van der Waals surface area (Å²) in [6.07, 6.45) is 3.05. The maximum absolute atomic E-state index is 13.8. The minimum atomic E-state index is -0.681. The summed E-state index contributed by atoms with van der Waals surface area (Å²) in [5.41, 5.74) is 0.497. The second-order valence-electron chi connectivity index (χ2n) is 9.33. The highest BCUT2D eigenvalue weighted by Crippen LogP contribution is 2.54. The van der Waals surface area contributed by atoms with Gasteiger partial charge in [0.2, 0.25) is 17.7 Å². The van der Waals surface area contributed by atoms with Crippen LogP contribution in [0.15, 0.2) is 51.6 Å². The number of likely N-dealkylation sites (tertiary alicyclic amines) is 1. The molecule has 37 heavy (non-hydrogen) atoms. The third-order valence-electron chi connectivity index (χ3n) is 7.23. The molecule has 0 saturated carbocycles. The second-order valence-corrected chi connectivity index (χ2v) is 12.4. The molecule has 0 N–H and O–H groups in total. The molecule has 8 nitrogen and oxygen atoms in total. The predicted octanol–water partition coefficient (Wildman–Crippen LogP) is 3.79. The van der Waals surface area contributed by atoms with Gasteiger partial charge in [0.1, 0.15) is 17.5 Å². The highest BCUT2D eigenvalue weighted by atomic mass is 32.2. The first-order valence-corrected chi connectivity index (χ1v) is 14.8. The van der Waals surface area contributed by atoms with Gasteiger partial charge >= 0.3 is 4.87 Å². The van der Waals surface area contributed by atoms with Gasteiger partial charge in [-0.3, -0.25) is 23.7 Å². The molecule has 1 aromatic carbocycles. The number of thiophene rings is 1. The Morgan fingerprint density at radius 2 is 1.78 bits per heavy atom. The van der Waals surface area contributed by atoms with Crippen molar-refractivity contribution in [3.05, 3.63) is 61.2 Å². The number of imide groups is 1. The van der Waals surface area contributed by atoms with Crippen LogP contribution in [0.25, 0.3) is 0 Å². The number of amides is 3. The van der Waals surface area contributed by atoms with E-state index < -0.39 is 17.1 Å². The van der Waals surface area contributed by atoms with Gasteiger partial charge in [0.25, 0.3) is 0 Å². The van der Waals surface area contributed by atoms with Crippen LogP contribution in [0.4, 0.5) is 5.69 Å². The number of hydrogen-bond acceptors (Lipinski definition) is 8. The molecule has 0 aliphatic carbocycles. The standard InChI is InChI=1S/C26H25N3O5S3/c1-34-16-9-7-15(8-10-16)29-23(31)20-19(17-6-5-13-35-17)22-25(36-21(20)24(29)32)28(26(33)37-22)14-18(30)27-11-3-2-4-12-27/h5-10,13,19-21H,2-4,11-12,14H2,1H3. The number of nitrogens with zero attached hydrogens (tertiary/aromatic N) is 3. The molecule has 192 valence electrons. The summed E-state index contributed by atoms with van der Waals surface area (Å²) in [6, 6.07) is 10.7. The van der Waals surface area contributed by atoms with Gasteiger partial charge in [0.15, 0.2) is 0 Å². The van der Waals surface area contributed by atoms with Crippen LogP contribution in [0.3, 0.4) is 0 Å². The number of benzene rings is 1. The van der Waals surface area contributed by atoms with E-state index in [1.165, 1.54) is 32.6 Å². The Labute approximate surface area is 225 Å². The molecule has 11 heteroatoms. The molecule has 3 amide bonds. The molecule has 3 unspecified atom stereocenters. The van der Waals surface area contributed by atoms with Crippen molar-refractivity contribution in [3.63, 3.8) is 0 Å². The van der Waals surface area contributed by atoms with Gasteiger partial charge in [0.05, 0.1) is 23.7 Å². The molecule has 3 aliphatic rings.